The van der Waals surface area contributed by atoms with Gasteiger partial charge in [0, 0.05) is 12.1 Å². The first-order chi connectivity index (χ1) is 9.60. The second-order valence-electron chi connectivity index (χ2n) is 6.15. The number of benzene rings is 1. The Bertz CT molecular complexity index is 578. The highest BCUT2D eigenvalue weighted by Gasteiger charge is 2.32. The van der Waals surface area contributed by atoms with Gasteiger partial charge in [-0.15, -0.1) is 0 Å². The summed E-state index contributed by atoms with van der Waals surface area (Å²) in [5.74, 6) is 1.16. The van der Waals surface area contributed by atoms with Gasteiger partial charge in [0.15, 0.2) is 9.84 Å². The first-order valence-corrected chi connectivity index (χ1v) is 9.33. The van der Waals surface area contributed by atoms with Gasteiger partial charge in [-0.05, 0) is 36.8 Å². The van der Waals surface area contributed by atoms with E-state index in [0.29, 0.717) is 17.4 Å². The molecule has 1 aliphatic heterocycles. The zero-order chi connectivity index (χ0) is 14.2. The molecule has 0 bridgehead atoms. The van der Waals surface area contributed by atoms with Gasteiger partial charge in [0.05, 0.1) is 10.6 Å². The van der Waals surface area contributed by atoms with Crippen LogP contribution in [0, 0.1) is 5.92 Å². The van der Waals surface area contributed by atoms with Crippen molar-refractivity contribution in [3.63, 3.8) is 0 Å². The van der Waals surface area contributed by atoms with E-state index in [1.165, 1.54) is 19.3 Å². The lowest BCUT2D eigenvalue weighted by atomic mass is 10.00. The molecule has 0 saturated heterocycles. The third-order valence-electron chi connectivity index (χ3n) is 4.55. The minimum absolute atomic E-state index is 0.193. The molecule has 0 amide bonds. The van der Waals surface area contributed by atoms with Crippen molar-refractivity contribution in [3.05, 3.63) is 29.8 Å². The van der Waals surface area contributed by atoms with Gasteiger partial charge in [-0.3, -0.25) is 0 Å². The van der Waals surface area contributed by atoms with Gasteiger partial charge in [-0.1, -0.05) is 38.0 Å². The topological polar surface area (TPSA) is 46.2 Å². The number of nitrogens with one attached hydrogen (secondary N) is 1. The minimum Gasteiger partial charge on any atom is -0.307 e. The van der Waals surface area contributed by atoms with Gasteiger partial charge in [0.25, 0.3) is 0 Å². The van der Waals surface area contributed by atoms with Gasteiger partial charge < -0.3 is 5.32 Å². The molecule has 0 spiro atoms. The number of rotatable bonds is 5. The standard InChI is InChI=1S/C16H23NO2S/c1-2-13(11-12-7-8-12)17-15-9-10-20(18,19)16-6-4-3-5-14(15)16/h3-6,12-13,15,17H,2,7-11H2,1H3. The quantitative estimate of drug-likeness (QED) is 0.907. The van der Waals surface area contributed by atoms with Gasteiger partial charge >= 0.3 is 0 Å². The second kappa shape index (κ2) is 5.49. The van der Waals surface area contributed by atoms with Crippen LogP contribution in [0.25, 0.3) is 0 Å². The maximum Gasteiger partial charge on any atom is 0.178 e. The van der Waals surface area contributed by atoms with Crippen molar-refractivity contribution in [2.24, 2.45) is 5.92 Å². The van der Waals surface area contributed by atoms with E-state index < -0.39 is 9.84 Å². The van der Waals surface area contributed by atoms with E-state index in [4.69, 9.17) is 0 Å². The van der Waals surface area contributed by atoms with E-state index in [-0.39, 0.29) is 11.8 Å². The molecule has 1 heterocycles. The molecule has 1 aliphatic carbocycles. The SMILES string of the molecule is CCC(CC1CC1)NC1CCS(=O)(=O)c2ccccc21. The van der Waals surface area contributed by atoms with Crippen LogP contribution in [0.15, 0.2) is 29.2 Å². The Morgan fingerprint density at radius 2 is 2.00 bits per heavy atom. The summed E-state index contributed by atoms with van der Waals surface area (Å²) in [5, 5.41) is 3.71. The zero-order valence-corrected chi connectivity index (χ0v) is 12.8. The van der Waals surface area contributed by atoms with Crippen molar-refractivity contribution < 1.29 is 8.42 Å². The first kappa shape index (κ1) is 14.1. The molecule has 3 rings (SSSR count). The number of hydrogen-bond acceptors (Lipinski definition) is 3. The molecule has 1 aromatic carbocycles. The lowest BCUT2D eigenvalue weighted by Crippen LogP contribution is -2.36. The maximum absolute atomic E-state index is 12.1. The molecule has 0 radical (unpaired) electrons. The highest BCUT2D eigenvalue weighted by molar-refractivity contribution is 7.91. The fourth-order valence-corrected chi connectivity index (χ4v) is 4.78. The Morgan fingerprint density at radius 3 is 2.70 bits per heavy atom. The fourth-order valence-electron chi connectivity index (χ4n) is 3.16. The van der Waals surface area contributed by atoms with Crippen molar-refractivity contribution in [1.29, 1.82) is 0 Å². The van der Waals surface area contributed by atoms with Crippen LogP contribution in [-0.2, 0) is 9.84 Å². The summed E-state index contributed by atoms with van der Waals surface area (Å²) >= 11 is 0. The van der Waals surface area contributed by atoms with E-state index in [1.807, 2.05) is 18.2 Å². The van der Waals surface area contributed by atoms with E-state index in [9.17, 15) is 8.42 Å². The fraction of sp³-hybridized carbons (Fsp3) is 0.625. The van der Waals surface area contributed by atoms with E-state index in [1.54, 1.807) is 6.07 Å². The zero-order valence-electron chi connectivity index (χ0n) is 12.0. The number of hydrogen-bond donors (Lipinski definition) is 1. The van der Waals surface area contributed by atoms with Crippen LogP contribution in [0.1, 0.15) is 50.6 Å². The number of fused-ring (bicyclic) bond motifs is 1. The summed E-state index contributed by atoms with van der Waals surface area (Å²) < 4.78 is 24.3. The van der Waals surface area contributed by atoms with Crippen LogP contribution in [0.4, 0.5) is 0 Å². The molecule has 2 atom stereocenters. The predicted octanol–water partition coefficient (Wildman–Crippen LogP) is 3.07. The molecule has 20 heavy (non-hydrogen) atoms. The largest absolute Gasteiger partial charge is 0.307 e. The van der Waals surface area contributed by atoms with Crippen molar-refractivity contribution in [2.45, 2.75) is 56.0 Å². The third-order valence-corrected chi connectivity index (χ3v) is 6.36. The molecule has 0 aromatic heterocycles. The van der Waals surface area contributed by atoms with Gasteiger partial charge in [0.1, 0.15) is 0 Å². The first-order valence-electron chi connectivity index (χ1n) is 7.68. The lowest BCUT2D eigenvalue weighted by Gasteiger charge is -2.30. The molecule has 1 fully saturated rings. The Labute approximate surface area is 121 Å². The normalized spacial score (nSPS) is 25.9. The van der Waals surface area contributed by atoms with Gasteiger partial charge in [-0.25, -0.2) is 8.42 Å². The Kier molecular flexibility index (Phi) is 3.87. The summed E-state index contributed by atoms with van der Waals surface area (Å²) in [6.45, 7) is 2.21. The third kappa shape index (κ3) is 2.91. The summed E-state index contributed by atoms with van der Waals surface area (Å²) in [7, 11) is -3.07. The van der Waals surface area contributed by atoms with Crippen LogP contribution < -0.4 is 5.32 Å². The summed E-state index contributed by atoms with van der Waals surface area (Å²) in [4.78, 5) is 0.532. The second-order valence-corrected chi connectivity index (χ2v) is 8.23. The highest BCUT2D eigenvalue weighted by atomic mass is 32.2. The molecule has 3 nitrogen and oxygen atoms in total. The Hall–Kier alpha value is -0.870. The van der Waals surface area contributed by atoms with Gasteiger partial charge in [-0.2, -0.15) is 0 Å². The van der Waals surface area contributed by atoms with Crippen LogP contribution in [0.5, 0.6) is 0 Å². The van der Waals surface area contributed by atoms with Crippen LogP contribution in [0.2, 0.25) is 0 Å². The maximum atomic E-state index is 12.1. The van der Waals surface area contributed by atoms with Crippen LogP contribution in [-0.4, -0.2) is 20.2 Å². The van der Waals surface area contributed by atoms with E-state index in [0.717, 1.165) is 17.9 Å². The molecule has 1 N–H and O–H groups in total. The molecule has 1 aromatic rings. The summed E-state index contributed by atoms with van der Waals surface area (Å²) in [6.07, 6.45) is 5.78. The van der Waals surface area contributed by atoms with Crippen molar-refractivity contribution in [2.75, 3.05) is 5.75 Å². The molecular weight excluding hydrogens is 270 g/mol. The van der Waals surface area contributed by atoms with Crippen molar-refractivity contribution in [1.82, 2.24) is 5.32 Å². The molecule has 4 heteroatoms. The minimum atomic E-state index is -3.07. The lowest BCUT2D eigenvalue weighted by molar-refractivity contribution is 0.376. The smallest absolute Gasteiger partial charge is 0.178 e. The molecular formula is C16H23NO2S. The van der Waals surface area contributed by atoms with E-state index >= 15 is 0 Å². The Balaban J connectivity index is 1.80. The van der Waals surface area contributed by atoms with Crippen molar-refractivity contribution in [3.8, 4) is 0 Å². The molecule has 2 unspecified atom stereocenters. The Morgan fingerprint density at radius 1 is 1.25 bits per heavy atom. The van der Waals surface area contributed by atoms with Crippen LogP contribution in [0.3, 0.4) is 0 Å². The molecule has 2 aliphatic rings. The predicted molar refractivity (Wildman–Crippen MR) is 80.4 cm³/mol. The van der Waals surface area contributed by atoms with Crippen molar-refractivity contribution >= 4 is 9.84 Å². The number of sulfone groups is 1. The van der Waals surface area contributed by atoms with Gasteiger partial charge in [0.2, 0.25) is 0 Å². The molecule has 1 saturated carbocycles. The monoisotopic (exact) mass is 293 g/mol. The van der Waals surface area contributed by atoms with Crippen LogP contribution >= 0.6 is 0 Å². The summed E-state index contributed by atoms with van der Waals surface area (Å²) in [5.41, 5.74) is 0.966. The average molecular weight is 293 g/mol. The average Bonchev–Trinajstić information content (AvgIpc) is 3.25. The highest BCUT2D eigenvalue weighted by Crippen LogP contribution is 2.36. The summed E-state index contributed by atoms with van der Waals surface area (Å²) in [6, 6.07) is 8.18. The molecule has 110 valence electrons. The van der Waals surface area contributed by atoms with E-state index in [2.05, 4.69) is 12.2 Å².